The van der Waals surface area contributed by atoms with Crippen LogP contribution >= 0.6 is 0 Å². The first-order chi connectivity index (χ1) is 18.0. The predicted molar refractivity (Wildman–Crippen MR) is 135 cm³/mol. The lowest BCUT2D eigenvalue weighted by Crippen LogP contribution is -2.60. The van der Waals surface area contributed by atoms with Crippen molar-refractivity contribution < 1.29 is 27.6 Å². The minimum absolute atomic E-state index is 0.0860. The van der Waals surface area contributed by atoms with Crippen LogP contribution in [-0.4, -0.2) is 52.4 Å². The second-order valence-corrected chi connectivity index (χ2v) is 11.9. The van der Waals surface area contributed by atoms with Crippen molar-refractivity contribution in [1.29, 1.82) is 5.26 Å². The van der Waals surface area contributed by atoms with E-state index in [0.29, 0.717) is 10.9 Å². The second kappa shape index (κ2) is 9.39. The molecule has 4 rings (SSSR count). The highest BCUT2D eigenvalue weighted by Crippen LogP contribution is 2.65. The van der Waals surface area contributed by atoms with Gasteiger partial charge in [-0.3, -0.25) is 19.2 Å². The number of carbonyl (C=O) groups is 3. The number of pyridine rings is 1. The number of carbonyl (C=O) groups excluding carboxylic acids is 3. The van der Waals surface area contributed by atoms with Crippen LogP contribution in [0.25, 0.3) is 10.9 Å². The molecule has 0 radical (unpaired) electrons. The first kappa shape index (κ1) is 28.1. The van der Waals surface area contributed by atoms with Crippen molar-refractivity contribution in [3.05, 3.63) is 46.2 Å². The molecule has 9 nitrogen and oxygen atoms in total. The summed E-state index contributed by atoms with van der Waals surface area (Å²) in [7, 11) is 0. The molecule has 1 saturated carbocycles. The highest BCUT2D eigenvalue weighted by atomic mass is 19.4. The van der Waals surface area contributed by atoms with Crippen LogP contribution in [0.15, 0.2) is 35.1 Å². The number of rotatable bonds is 5. The van der Waals surface area contributed by atoms with Crippen LogP contribution < -0.4 is 16.2 Å². The summed E-state index contributed by atoms with van der Waals surface area (Å²) >= 11 is 0. The summed E-state index contributed by atoms with van der Waals surface area (Å²) in [5, 5.41) is 14.9. The molecule has 1 aliphatic carbocycles. The number of fused-ring (bicyclic) bond motifs is 2. The lowest BCUT2D eigenvalue weighted by molar-refractivity contribution is -0.176. The van der Waals surface area contributed by atoms with Gasteiger partial charge in [-0.05, 0) is 28.7 Å². The molecule has 12 heteroatoms. The molecule has 1 aromatic carbocycles. The molecule has 39 heavy (non-hydrogen) atoms. The molecule has 2 aliphatic rings. The summed E-state index contributed by atoms with van der Waals surface area (Å²) in [4.78, 5) is 55.2. The molecule has 1 aromatic heterocycles. The molecule has 208 valence electrons. The Morgan fingerprint density at radius 1 is 1.15 bits per heavy atom. The van der Waals surface area contributed by atoms with Crippen LogP contribution in [0.1, 0.15) is 46.2 Å². The van der Waals surface area contributed by atoms with Crippen molar-refractivity contribution in [2.24, 2.45) is 22.7 Å². The maximum Gasteiger partial charge on any atom is 0.471 e. The number of amides is 3. The average Bonchev–Trinajstić information content (AvgIpc) is 3.15. The van der Waals surface area contributed by atoms with Gasteiger partial charge in [0.25, 0.3) is 0 Å². The highest BCUT2D eigenvalue weighted by Gasteiger charge is 2.70. The van der Waals surface area contributed by atoms with Gasteiger partial charge in [-0.2, -0.15) is 18.4 Å². The van der Waals surface area contributed by atoms with E-state index in [1.165, 1.54) is 31.7 Å². The van der Waals surface area contributed by atoms with Gasteiger partial charge < -0.3 is 20.5 Å². The van der Waals surface area contributed by atoms with Crippen molar-refractivity contribution >= 4 is 28.6 Å². The first-order valence-corrected chi connectivity index (χ1v) is 12.5. The maximum atomic E-state index is 13.7. The molecule has 2 aromatic rings. The van der Waals surface area contributed by atoms with Crippen molar-refractivity contribution in [3.8, 4) is 6.07 Å². The van der Waals surface area contributed by atoms with E-state index in [0.717, 1.165) is 0 Å². The number of piperidine rings is 1. The zero-order valence-corrected chi connectivity index (χ0v) is 22.1. The Hall–Kier alpha value is -3.88. The summed E-state index contributed by atoms with van der Waals surface area (Å²) < 4.78 is 39.1. The number of nitrogens with zero attached hydrogens (tertiary/aromatic N) is 2. The van der Waals surface area contributed by atoms with Crippen molar-refractivity contribution in [1.82, 2.24) is 20.5 Å². The predicted octanol–water partition coefficient (Wildman–Crippen LogP) is 2.79. The van der Waals surface area contributed by atoms with Gasteiger partial charge in [0, 0.05) is 29.1 Å². The van der Waals surface area contributed by atoms with Gasteiger partial charge in [0.1, 0.15) is 18.1 Å². The molecular formula is C27H30F3N5O4. The minimum Gasteiger partial charge on any atom is -0.336 e. The quantitative estimate of drug-likeness (QED) is 0.531. The summed E-state index contributed by atoms with van der Waals surface area (Å²) in [5.74, 6) is -4.09. The fourth-order valence-corrected chi connectivity index (χ4v) is 5.72. The third-order valence-corrected chi connectivity index (χ3v) is 7.92. The van der Waals surface area contributed by atoms with Crippen LogP contribution in [0.3, 0.4) is 0 Å². The smallest absolute Gasteiger partial charge is 0.336 e. The Bertz CT molecular complexity index is 1440. The molecule has 0 bridgehead atoms. The molecule has 1 unspecified atom stereocenters. The van der Waals surface area contributed by atoms with Gasteiger partial charge in [-0.1, -0.05) is 52.8 Å². The van der Waals surface area contributed by atoms with Crippen LogP contribution in [-0.2, 0) is 14.4 Å². The number of nitrogens with one attached hydrogen (secondary N) is 3. The van der Waals surface area contributed by atoms with Gasteiger partial charge in [0.05, 0.1) is 6.07 Å². The minimum atomic E-state index is -5.19. The third kappa shape index (κ3) is 5.10. The number of para-hydroxylation sites is 1. The summed E-state index contributed by atoms with van der Waals surface area (Å²) in [5.41, 5.74) is -1.13. The summed E-state index contributed by atoms with van der Waals surface area (Å²) in [6.07, 6.45) is -5.19. The lowest BCUT2D eigenvalue weighted by atomic mass is 9.85. The van der Waals surface area contributed by atoms with Crippen LogP contribution in [0.4, 0.5) is 13.2 Å². The number of likely N-dealkylation sites (tertiary alicyclic amines) is 1. The Morgan fingerprint density at radius 3 is 2.38 bits per heavy atom. The van der Waals surface area contributed by atoms with E-state index in [9.17, 15) is 37.6 Å². The molecule has 1 saturated heterocycles. The standard InChI is InChI=1S/C27H30F3N5O4/c1-25(2,3)21(34-24(39)27(28,29)30)23(38)35-12-15-19(26(15,4)5)20(35)22(37)33-17(11-31)14-10-18(36)32-16-9-7-6-8-13(14)16/h6-10,15,17,19-21H,12H2,1-5H3,(H,32,36)(H,33,37)(H,34,39)/t15-,17?,19-,20-,21+/m0/s1. The monoisotopic (exact) mass is 545 g/mol. The number of hydrogen-bond donors (Lipinski definition) is 3. The molecule has 3 N–H and O–H groups in total. The third-order valence-electron chi connectivity index (χ3n) is 7.92. The fraction of sp³-hybridized carbons (Fsp3) is 0.519. The maximum absolute atomic E-state index is 13.7. The van der Waals surface area contributed by atoms with E-state index in [1.54, 1.807) is 24.3 Å². The first-order valence-electron chi connectivity index (χ1n) is 12.5. The molecule has 2 fully saturated rings. The van der Waals surface area contributed by atoms with E-state index in [4.69, 9.17) is 0 Å². The van der Waals surface area contributed by atoms with Gasteiger partial charge >= 0.3 is 12.1 Å². The van der Waals surface area contributed by atoms with Crippen molar-refractivity contribution in [2.75, 3.05) is 6.54 Å². The molecule has 5 atom stereocenters. The zero-order chi connectivity index (χ0) is 29.1. The number of halogens is 3. The van der Waals surface area contributed by atoms with E-state index in [2.05, 4.69) is 10.3 Å². The van der Waals surface area contributed by atoms with Crippen LogP contribution in [0, 0.1) is 34.0 Å². The largest absolute Gasteiger partial charge is 0.471 e. The number of aromatic amines is 1. The normalized spacial score (nSPS) is 23.4. The van der Waals surface area contributed by atoms with Crippen molar-refractivity contribution in [3.63, 3.8) is 0 Å². The number of benzene rings is 1. The Kier molecular flexibility index (Phi) is 6.78. The van der Waals surface area contributed by atoms with E-state index in [-0.39, 0.29) is 29.4 Å². The molecule has 0 spiro atoms. The van der Waals surface area contributed by atoms with Crippen molar-refractivity contribution in [2.45, 2.75) is 58.9 Å². The number of hydrogen-bond acceptors (Lipinski definition) is 5. The second-order valence-electron chi connectivity index (χ2n) is 11.9. The Balaban J connectivity index is 1.66. The number of nitriles is 1. The number of alkyl halides is 3. The molecule has 3 amide bonds. The topological polar surface area (TPSA) is 135 Å². The van der Waals surface area contributed by atoms with E-state index >= 15 is 0 Å². The van der Waals surface area contributed by atoms with Gasteiger partial charge in [-0.25, -0.2) is 0 Å². The zero-order valence-electron chi connectivity index (χ0n) is 22.1. The fourth-order valence-electron chi connectivity index (χ4n) is 5.72. The Labute approximate surface area is 222 Å². The molecular weight excluding hydrogens is 515 g/mol. The van der Waals surface area contributed by atoms with Gasteiger partial charge in [0.2, 0.25) is 17.4 Å². The number of H-pyrrole nitrogens is 1. The van der Waals surface area contributed by atoms with E-state index < -0.39 is 53.0 Å². The molecule has 1 aliphatic heterocycles. The SMILES string of the molecule is CC(C)(C)[C@H](NC(=O)C(F)(F)F)C(=O)N1C[C@H]2[C@@H]([C@H]1C(=O)NC(C#N)c1cc(=O)[nH]c3ccccc13)C2(C)C. The average molecular weight is 546 g/mol. The lowest BCUT2D eigenvalue weighted by Gasteiger charge is -2.37. The van der Waals surface area contributed by atoms with Gasteiger partial charge in [0.15, 0.2) is 0 Å². The van der Waals surface area contributed by atoms with Gasteiger partial charge in [-0.15, -0.1) is 0 Å². The van der Waals surface area contributed by atoms with Crippen LogP contribution in [0.2, 0.25) is 0 Å². The Morgan fingerprint density at radius 2 is 1.79 bits per heavy atom. The van der Waals surface area contributed by atoms with E-state index in [1.807, 2.05) is 25.2 Å². The van der Waals surface area contributed by atoms with Crippen LogP contribution in [0.5, 0.6) is 0 Å². The highest BCUT2D eigenvalue weighted by molar-refractivity contribution is 5.95. The summed E-state index contributed by atoms with van der Waals surface area (Å²) in [6, 6.07) is 6.16. The molecule has 2 heterocycles. The summed E-state index contributed by atoms with van der Waals surface area (Å²) in [6.45, 7) is 8.55. The number of aromatic nitrogens is 1.